The lowest BCUT2D eigenvalue weighted by atomic mass is 10.3. The zero-order valence-electron chi connectivity index (χ0n) is 14.0. The van der Waals surface area contributed by atoms with Crippen LogP contribution < -0.4 is 16.2 Å². The standard InChI is InChI=1S/C16H12BrN7O4/c17-10-1-3-11(4-2-10)20-15-14(24(27)28)16(19-9-18-15)22-21-12-5-7-13(8-6-12)23(25)26/h1-9,21H,(H2,18,19,20,22). The molecule has 0 aliphatic carbocycles. The van der Waals surface area contributed by atoms with E-state index < -0.39 is 9.85 Å². The summed E-state index contributed by atoms with van der Waals surface area (Å²) in [5.41, 5.74) is 5.99. The van der Waals surface area contributed by atoms with E-state index in [-0.39, 0.29) is 23.0 Å². The van der Waals surface area contributed by atoms with Gasteiger partial charge in [-0.3, -0.25) is 31.1 Å². The molecule has 12 heteroatoms. The highest BCUT2D eigenvalue weighted by molar-refractivity contribution is 9.10. The number of nitro groups is 2. The molecule has 0 unspecified atom stereocenters. The first-order valence-corrected chi connectivity index (χ1v) is 8.52. The van der Waals surface area contributed by atoms with Crippen molar-refractivity contribution in [3.63, 3.8) is 0 Å². The third-order valence-electron chi connectivity index (χ3n) is 3.52. The molecule has 2 aromatic carbocycles. The summed E-state index contributed by atoms with van der Waals surface area (Å²) in [5, 5.41) is 25.1. The molecule has 0 saturated heterocycles. The van der Waals surface area contributed by atoms with Crippen molar-refractivity contribution in [2.45, 2.75) is 0 Å². The molecule has 0 amide bonds. The summed E-state index contributed by atoms with van der Waals surface area (Å²) in [6, 6.07) is 12.6. The molecule has 1 heterocycles. The van der Waals surface area contributed by atoms with Crippen molar-refractivity contribution >= 4 is 50.3 Å². The number of anilines is 4. The van der Waals surface area contributed by atoms with Gasteiger partial charge in [-0.15, -0.1) is 0 Å². The molecule has 142 valence electrons. The van der Waals surface area contributed by atoms with Crippen LogP contribution in [-0.4, -0.2) is 19.8 Å². The van der Waals surface area contributed by atoms with E-state index in [1.54, 1.807) is 24.3 Å². The molecule has 3 rings (SSSR count). The zero-order chi connectivity index (χ0) is 20.1. The average molecular weight is 446 g/mol. The third-order valence-corrected chi connectivity index (χ3v) is 4.04. The topological polar surface area (TPSA) is 148 Å². The summed E-state index contributed by atoms with van der Waals surface area (Å²) in [6.45, 7) is 0. The van der Waals surface area contributed by atoms with Gasteiger partial charge in [0.1, 0.15) is 6.33 Å². The Morgan fingerprint density at radius 1 is 0.786 bits per heavy atom. The van der Waals surface area contributed by atoms with Gasteiger partial charge in [0.15, 0.2) is 0 Å². The van der Waals surface area contributed by atoms with Gasteiger partial charge >= 0.3 is 5.69 Å². The first kappa shape index (κ1) is 19.0. The Morgan fingerprint density at radius 3 is 2.00 bits per heavy atom. The number of non-ortho nitro benzene ring substituents is 1. The summed E-state index contributed by atoms with van der Waals surface area (Å²) >= 11 is 3.32. The van der Waals surface area contributed by atoms with E-state index in [0.717, 1.165) is 4.47 Å². The van der Waals surface area contributed by atoms with Crippen LogP contribution in [0.25, 0.3) is 0 Å². The molecule has 3 aromatic rings. The predicted molar refractivity (Wildman–Crippen MR) is 106 cm³/mol. The minimum Gasteiger partial charge on any atom is -0.334 e. The second kappa shape index (κ2) is 8.26. The fourth-order valence-corrected chi connectivity index (χ4v) is 2.47. The maximum atomic E-state index is 11.6. The van der Waals surface area contributed by atoms with Gasteiger partial charge < -0.3 is 5.32 Å². The van der Waals surface area contributed by atoms with Crippen LogP contribution in [0.4, 0.5) is 34.4 Å². The van der Waals surface area contributed by atoms with Gasteiger partial charge in [-0.05, 0) is 36.4 Å². The van der Waals surface area contributed by atoms with Crippen molar-refractivity contribution in [3.05, 3.63) is 79.6 Å². The zero-order valence-corrected chi connectivity index (χ0v) is 15.6. The van der Waals surface area contributed by atoms with E-state index in [2.05, 4.69) is 42.1 Å². The van der Waals surface area contributed by atoms with Gasteiger partial charge in [0.05, 0.1) is 15.5 Å². The molecule has 0 spiro atoms. The maximum absolute atomic E-state index is 11.6. The van der Waals surface area contributed by atoms with Crippen LogP contribution in [0.2, 0.25) is 0 Å². The van der Waals surface area contributed by atoms with Crippen LogP contribution >= 0.6 is 15.9 Å². The van der Waals surface area contributed by atoms with Crippen molar-refractivity contribution < 1.29 is 9.85 Å². The van der Waals surface area contributed by atoms with Crippen molar-refractivity contribution in [3.8, 4) is 0 Å². The number of hydrogen-bond acceptors (Lipinski definition) is 9. The minimum atomic E-state index is -0.610. The van der Waals surface area contributed by atoms with Crippen LogP contribution in [0.3, 0.4) is 0 Å². The summed E-state index contributed by atoms with van der Waals surface area (Å²) in [6.07, 6.45) is 1.17. The molecule has 0 saturated carbocycles. The summed E-state index contributed by atoms with van der Waals surface area (Å²) < 4.78 is 0.866. The maximum Gasteiger partial charge on any atom is 0.355 e. The fourth-order valence-electron chi connectivity index (χ4n) is 2.20. The average Bonchev–Trinajstić information content (AvgIpc) is 2.68. The Balaban J connectivity index is 1.81. The van der Waals surface area contributed by atoms with Gasteiger partial charge in [-0.2, -0.15) is 0 Å². The number of nitrogens with zero attached hydrogens (tertiary/aromatic N) is 4. The Morgan fingerprint density at radius 2 is 1.39 bits per heavy atom. The highest BCUT2D eigenvalue weighted by atomic mass is 79.9. The lowest BCUT2D eigenvalue weighted by Gasteiger charge is -2.11. The van der Waals surface area contributed by atoms with Gasteiger partial charge in [0.25, 0.3) is 5.69 Å². The molecular formula is C16H12BrN7O4. The number of nitrogens with one attached hydrogen (secondary N) is 3. The van der Waals surface area contributed by atoms with Crippen LogP contribution in [0, 0.1) is 20.2 Å². The summed E-state index contributed by atoms with van der Waals surface area (Å²) in [5.74, 6) is -0.0618. The molecule has 0 atom stereocenters. The Bertz CT molecular complexity index is 1010. The van der Waals surface area contributed by atoms with Crippen LogP contribution in [0.5, 0.6) is 0 Å². The monoisotopic (exact) mass is 445 g/mol. The minimum absolute atomic E-state index is 0.00956. The number of nitro benzene ring substituents is 1. The molecule has 0 aliphatic rings. The largest absolute Gasteiger partial charge is 0.355 e. The van der Waals surface area contributed by atoms with Crippen molar-refractivity contribution in [1.82, 2.24) is 9.97 Å². The molecule has 11 nitrogen and oxygen atoms in total. The first-order chi connectivity index (χ1) is 13.4. The van der Waals surface area contributed by atoms with E-state index >= 15 is 0 Å². The normalized spacial score (nSPS) is 10.2. The Labute approximate surface area is 166 Å². The molecule has 28 heavy (non-hydrogen) atoms. The Hall–Kier alpha value is -3.80. The third kappa shape index (κ3) is 4.48. The van der Waals surface area contributed by atoms with Crippen molar-refractivity contribution in [2.75, 3.05) is 16.2 Å². The highest BCUT2D eigenvalue weighted by Crippen LogP contribution is 2.31. The molecule has 0 aliphatic heterocycles. The van der Waals surface area contributed by atoms with E-state index in [1.807, 2.05) is 0 Å². The SMILES string of the molecule is O=[N+]([O-])c1ccc(NNc2ncnc(Nc3ccc(Br)cc3)c2[N+](=O)[O-])cc1. The van der Waals surface area contributed by atoms with Gasteiger partial charge in [-0.25, -0.2) is 9.97 Å². The van der Waals surface area contributed by atoms with Crippen molar-refractivity contribution in [1.29, 1.82) is 0 Å². The second-order valence-electron chi connectivity index (χ2n) is 5.36. The van der Waals surface area contributed by atoms with Crippen molar-refractivity contribution in [2.24, 2.45) is 0 Å². The van der Waals surface area contributed by atoms with Gasteiger partial charge in [-0.1, -0.05) is 15.9 Å². The lowest BCUT2D eigenvalue weighted by Crippen LogP contribution is -2.13. The number of aromatic nitrogens is 2. The highest BCUT2D eigenvalue weighted by Gasteiger charge is 2.23. The van der Waals surface area contributed by atoms with Crippen LogP contribution in [-0.2, 0) is 0 Å². The predicted octanol–water partition coefficient (Wildman–Crippen LogP) is 4.24. The number of hydrogen-bond donors (Lipinski definition) is 3. The summed E-state index contributed by atoms with van der Waals surface area (Å²) in [4.78, 5) is 28.9. The van der Waals surface area contributed by atoms with E-state index in [9.17, 15) is 20.2 Å². The van der Waals surface area contributed by atoms with Gasteiger partial charge in [0, 0.05) is 22.3 Å². The molecule has 0 radical (unpaired) electrons. The Kier molecular flexibility index (Phi) is 5.60. The molecular weight excluding hydrogens is 434 g/mol. The molecule has 0 bridgehead atoms. The fraction of sp³-hybridized carbons (Fsp3) is 0. The smallest absolute Gasteiger partial charge is 0.334 e. The van der Waals surface area contributed by atoms with Crippen LogP contribution in [0.1, 0.15) is 0 Å². The number of hydrazine groups is 1. The summed E-state index contributed by atoms with van der Waals surface area (Å²) in [7, 11) is 0. The quantitative estimate of drug-likeness (QED) is 0.358. The van der Waals surface area contributed by atoms with E-state index in [1.165, 1.54) is 30.6 Å². The molecule has 0 fully saturated rings. The molecule has 1 aromatic heterocycles. The second-order valence-corrected chi connectivity index (χ2v) is 6.28. The van der Waals surface area contributed by atoms with E-state index in [0.29, 0.717) is 11.4 Å². The molecule has 3 N–H and O–H groups in total. The number of rotatable bonds is 7. The first-order valence-electron chi connectivity index (χ1n) is 7.72. The van der Waals surface area contributed by atoms with E-state index in [4.69, 9.17) is 0 Å². The number of halogens is 1. The van der Waals surface area contributed by atoms with Gasteiger partial charge in [0.2, 0.25) is 11.6 Å². The lowest BCUT2D eigenvalue weighted by molar-refractivity contribution is -0.384. The van der Waals surface area contributed by atoms with Crippen LogP contribution in [0.15, 0.2) is 59.3 Å². The number of benzene rings is 2.